The molecule has 0 saturated carbocycles. The first-order valence-electron chi connectivity index (χ1n) is 15.2. The molecule has 1 aromatic heterocycles. The number of rotatable bonds is 16. The molecular weight excluding hydrogens is 592 g/mol. The van der Waals surface area contributed by atoms with Crippen LogP contribution in [0.2, 0.25) is 0 Å². The van der Waals surface area contributed by atoms with Crippen LogP contribution in [0.4, 0.5) is 0 Å². The minimum Gasteiger partial charge on any atom is -0.496 e. The zero-order valence-electron chi connectivity index (χ0n) is 29.2. The van der Waals surface area contributed by atoms with Crippen molar-refractivity contribution < 1.29 is 37.9 Å². The minimum atomic E-state index is -0.109. The second-order valence-corrected chi connectivity index (χ2v) is 13.8. The highest BCUT2D eigenvalue weighted by Gasteiger charge is 2.31. The van der Waals surface area contributed by atoms with Gasteiger partial charge in [0.25, 0.3) is 0 Å². The normalized spacial score (nSPS) is 12.0. The van der Waals surface area contributed by atoms with Crippen molar-refractivity contribution in [3.8, 4) is 43.9 Å². The summed E-state index contributed by atoms with van der Waals surface area (Å²) in [7, 11) is 10.1. The van der Waals surface area contributed by atoms with E-state index in [4.69, 9.17) is 37.9 Å². The number of benzene rings is 2. The third kappa shape index (κ3) is 8.71. The second-order valence-electron chi connectivity index (χ2n) is 12.8. The van der Waals surface area contributed by atoms with E-state index in [0.717, 1.165) is 66.1 Å². The van der Waals surface area contributed by atoms with Gasteiger partial charge >= 0.3 is 0 Å². The first kappa shape index (κ1) is 36.6. The maximum Gasteiger partial charge on any atom is 0.131 e. The third-order valence-electron chi connectivity index (χ3n) is 7.67. The van der Waals surface area contributed by atoms with Gasteiger partial charge in [-0.25, -0.2) is 0 Å². The fraction of sp³-hybridized carbons (Fsp3) is 0.556. The Bertz CT molecular complexity index is 1240. The van der Waals surface area contributed by atoms with Crippen molar-refractivity contribution in [2.24, 2.45) is 0 Å². The lowest BCUT2D eigenvalue weighted by Gasteiger charge is -2.23. The van der Waals surface area contributed by atoms with Crippen LogP contribution in [0.1, 0.15) is 63.8 Å². The Balaban J connectivity index is 2.44. The maximum absolute atomic E-state index is 6.20. The first-order valence-corrected chi connectivity index (χ1v) is 16.0. The Morgan fingerprint density at radius 3 is 1.04 bits per heavy atom. The van der Waals surface area contributed by atoms with Crippen molar-refractivity contribution in [3.05, 3.63) is 46.5 Å². The minimum absolute atomic E-state index is 0.109. The predicted octanol–water partition coefficient (Wildman–Crippen LogP) is 8.04. The lowest BCUT2D eigenvalue weighted by Crippen LogP contribution is -2.12. The zero-order valence-corrected chi connectivity index (χ0v) is 30.0. The molecule has 250 valence electrons. The van der Waals surface area contributed by atoms with Crippen molar-refractivity contribution in [3.63, 3.8) is 0 Å². The van der Waals surface area contributed by atoms with Gasteiger partial charge in [-0.05, 0) is 46.2 Å². The number of thiophene rings is 1. The van der Waals surface area contributed by atoms with Crippen LogP contribution >= 0.6 is 11.3 Å². The van der Waals surface area contributed by atoms with Crippen LogP contribution in [0, 0.1) is 0 Å². The van der Waals surface area contributed by atoms with E-state index in [-0.39, 0.29) is 10.8 Å². The van der Waals surface area contributed by atoms with Crippen molar-refractivity contribution in [2.45, 2.75) is 65.6 Å². The molecule has 0 bridgehead atoms. The molecular formula is C36H52O8S. The van der Waals surface area contributed by atoms with Crippen molar-refractivity contribution in [1.82, 2.24) is 0 Å². The van der Waals surface area contributed by atoms with Crippen LogP contribution in [0.15, 0.2) is 24.3 Å². The number of methoxy groups -OCH3 is 6. The van der Waals surface area contributed by atoms with Gasteiger partial charge in [0.05, 0.1) is 79.2 Å². The molecule has 8 nitrogen and oxygen atoms in total. The van der Waals surface area contributed by atoms with Gasteiger partial charge in [0.1, 0.15) is 23.0 Å². The fourth-order valence-electron chi connectivity index (χ4n) is 4.98. The summed E-state index contributed by atoms with van der Waals surface area (Å²) in [6.07, 6.45) is 0. The molecule has 0 atom stereocenters. The van der Waals surface area contributed by atoms with E-state index in [0.29, 0.717) is 39.6 Å². The number of hydrogen-bond acceptors (Lipinski definition) is 9. The van der Waals surface area contributed by atoms with Crippen LogP contribution < -0.4 is 18.9 Å². The van der Waals surface area contributed by atoms with Gasteiger partial charge in [-0.3, -0.25) is 0 Å². The van der Waals surface area contributed by atoms with E-state index >= 15 is 0 Å². The second kappa shape index (κ2) is 16.1. The molecule has 0 aliphatic heterocycles. The summed E-state index contributed by atoms with van der Waals surface area (Å²) in [5, 5.41) is 0. The lowest BCUT2D eigenvalue weighted by atomic mass is 9.85. The van der Waals surface area contributed by atoms with E-state index in [1.165, 1.54) is 0 Å². The monoisotopic (exact) mass is 644 g/mol. The maximum atomic E-state index is 6.20. The first-order chi connectivity index (χ1) is 21.4. The highest BCUT2D eigenvalue weighted by Crippen LogP contribution is 2.54. The molecule has 2 aromatic carbocycles. The molecule has 1 heterocycles. The van der Waals surface area contributed by atoms with E-state index in [9.17, 15) is 0 Å². The summed E-state index contributed by atoms with van der Waals surface area (Å²) in [6.45, 7) is 15.6. The molecule has 0 N–H and O–H groups in total. The van der Waals surface area contributed by atoms with Gasteiger partial charge in [-0.1, -0.05) is 41.5 Å². The van der Waals surface area contributed by atoms with E-state index in [1.807, 2.05) is 0 Å². The molecule has 9 heteroatoms. The van der Waals surface area contributed by atoms with Gasteiger partial charge < -0.3 is 37.9 Å². The van der Waals surface area contributed by atoms with Gasteiger partial charge in [-0.15, -0.1) is 11.3 Å². The standard InChI is InChI=1S/C36H52O8S/c1-35(2,3)23-17-27(39-9)31(28(18-23)40-10)33-25(21-43-15-13-37-7)26(22-44-16-14-38-8)34(45-33)32-29(41-11)19-24(36(4,5)6)20-30(32)42-12/h17-20H,13-16,21-22H2,1-12H3. The van der Waals surface area contributed by atoms with Crippen LogP contribution in [0.5, 0.6) is 23.0 Å². The smallest absolute Gasteiger partial charge is 0.131 e. The van der Waals surface area contributed by atoms with E-state index < -0.39 is 0 Å². The summed E-state index contributed by atoms with van der Waals surface area (Å²) >= 11 is 1.62. The molecule has 3 aromatic rings. The number of hydrogen-bond donors (Lipinski definition) is 0. The van der Waals surface area contributed by atoms with E-state index in [1.54, 1.807) is 54.0 Å². The van der Waals surface area contributed by atoms with Gasteiger partial charge in [-0.2, -0.15) is 0 Å². The Labute approximate surface area is 273 Å². The van der Waals surface area contributed by atoms with Crippen LogP contribution in [0.25, 0.3) is 20.9 Å². The molecule has 0 spiro atoms. The van der Waals surface area contributed by atoms with Crippen molar-refractivity contribution in [2.75, 3.05) is 69.1 Å². The van der Waals surface area contributed by atoms with Gasteiger partial charge in [0, 0.05) is 35.1 Å². The largest absolute Gasteiger partial charge is 0.496 e. The van der Waals surface area contributed by atoms with Crippen molar-refractivity contribution in [1.29, 1.82) is 0 Å². The Hall–Kier alpha value is -2.82. The molecule has 0 aliphatic rings. The molecule has 45 heavy (non-hydrogen) atoms. The zero-order chi connectivity index (χ0) is 33.4. The summed E-state index contributed by atoms with van der Waals surface area (Å²) < 4.78 is 47.2. The van der Waals surface area contributed by atoms with Gasteiger partial charge in [0.15, 0.2) is 0 Å². The highest BCUT2D eigenvalue weighted by atomic mass is 32.1. The van der Waals surface area contributed by atoms with Crippen LogP contribution in [-0.4, -0.2) is 69.1 Å². The topological polar surface area (TPSA) is 73.8 Å². The molecule has 3 rings (SSSR count). The predicted molar refractivity (Wildman–Crippen MR) is 182 cm³/mol. The van der Waals surface area contributed by atoms with Crippen LogP contribution in [0.3, 0.4) is 0 Å². The van der Waals surface area contributed by atoms with E-state index in [2.05, 4.69) is 65.8 Å². The van der Waals surface area contributed by atoms with Crippen molar-refractivity contribution >= 4 is 11.3 Å². The fourth-order valence-corrected chi connectivity index (χ4v) is 6.40. The number of ether oxygens (including phenoxy) is 8. The summed E-state index contributed by atoms with van der Waals surface area (Å²) in [4.78, 5) is 1.93. The molecule has 0 saturated heterocycles. The van der Waals surface area contributed by atoms with Crippen LogP contribution in [-0.2, 0) is 43.0 Å². The lowest BCUT2D eigenvalue weighted by molar-refractivity contribution is 0.0539. The SMILES string of the molecule is COCCOCc1c(-c2c(OC)cc(C(C)(C)C)cc2OC)sc(-c2c(OC)cc(C(C)(C)C)cc2OC)c1COCCOC. The highest BCUT2D eigenvalue weighted by molar-refractivity contribution is 7.19. The average molecular weight is 645 g/mol. The molecule has 0 amide bonds. The Morgan fingerprint density at radius 1 is 0.489 bits per heavy atom. The average Bonchev–Trinajstić information content (AvgIpc) is 3.35. The summed E-state index contributed by atoms with van der Waals surface area (Å²) in [6, 6.07) is 8.39. The Kier molecular flexibility index (Phi) is 13.1. The molecule has 0 unspecified atom stereocenters. The molecule has 0 aliphatic carbocycles. The summed E-state index contributed by atoms with van der Waals surface area (Å²) in [5.74, 6) is 2.89. The molecule has 0 radical (unpaired) electrons. The summed E-state index contributed by atoms with van der Waals surface area (Å²) in [5.41, 5.74) is 5.68. The Morgan fingerprint density at radius 2 is 0.800 bits per heavy atom. The third-order valence-corrected chi connectivity index (χ3v) is 8.98. The quantitative estimate of drug-likeness (QED) is 0.145. The van der Waals surface area contributed by atoms with Gasteiger partial charge in [0.2, 0.25) is 0 Å². The molecule has 0 fully saturated rings.